The molecule has 1 aliphatic heterocycles. The van der Waals surface area contributed by atoms with E-state index in [2.05, 4.69) is 52.7 Å². The maximum atomic E-state index is 3.39. The van der Waals surface area contributed by atoms with E-state index in [1.807, 2.05) is 12.1 Å². The summed E-state index contributed by atoms with van der Waals surface area (Å²) in [4.78, 5) is 2.46. The summed E-state index contributed by atoms with van der Waals surface area (Å²) < 4.78 is 0. The summed E-state index contributed by atoms with van der Waals surface area (Å²) in [5, 5.41) is 3.39. The molecule has 1 saturated heterocycles. The number of nitrogens with zero attached hydrogens (tertiary/aromatic N) is 1. The van der Waals surface area contributed by atoms with Crippen molar-refractivity contribution in [1.82, 2.24) is 5.32 Å². The Morgan fingerprint density at radius 1 is 1.00 bits per heavy atom. The molecule has 0 amide bonds. The molecule has 1 N–H and O–H groups in total. The average Bonchev–Trinajstić information content (AvgIpc) is 2.49. The van der Waals surface area contributed by atoms with Gasteiger partial charge in [-0.25, -0.2) is 0 Å². The van der Waals surface area contributed by atoms with Crippen LogP contribution < -0.4 is 10.2 Å². The number of nitrogens with one attached hydrogen (secondary N) is 1. The van der Waals surface area contributed by atoms with Gasteiger partial charge in [0.25, 0.3) is 0 Å². The number of hydrogen-bond donors (Lipinski definition) is 1. The van der Waals surface area contributed by atoms with Crippen molar-refractivity contribution in [2.24, 2.45) is 0 Å². The minimum absolute atomic E-state index is 0. The van der Waals surface area contributed by atoms with Gasteiger partial charge < -0.3 is 10.2 Å². The second-order valence-electron chi connectivity index (χ2n) is 4.99. The quantitative estimate of drug-likeness (QED) is 0.864. The fourth-order valence-corrected chi connectivity index (χ4v) is 2.56. The fourth-order valence-electron chi connectivity index (χ4n) is 2.56. The zero-order valence-corrected chi connectivity index (χ0v) is 14.5. The Bertz CT molecular complexity index is 522. The number of piperazine rings is 1. The normalized spacial score (nSPS) is 14.7. The third kappa shape index (κ3) is 4.15. The second-order valence-corrected chi connectivity index (χ2v) is 4.99. The molecule has 3 heteroatoms. The van der Waals surface area contributed by atoms with Crippen molar-refractivity contribution < 1.29 is 32.7 Å². The standard InChI is InChI=1S/C17H19N2.Y/c1-2-5-15(6-3-1)13-16-7-4-8-17(14-16)19-11-9-18-10-12-19;/h2-8,14,18H,9-13H2;/q-1;+3. The third-order valence-electron chi connectivity index (χ3n) is 3.59. The van der Waals surface area contributed by atoms with Crippen LogP contribution >= 0.6 is 0 Å². The Balaban J connectivity index is 0.00000147. The van der Waals surface area contributed by atoms with Crippen LogP contribution in [0.25, 0.3) is 0 Å². The largest absolute Gasteiger partial charge is 3.00 e. The van der Waals surface area contributed by atoms with Gasteiger partial charge >= 0.3 is 32.7 Å². The summed E-state index contributed by atoms with van der Waals surface area (Å²) in [5.74, 6) is 0. The smallest absolute Gasteiger partial charge is 0.369 e. The van der Waals surface area contributed by atoms with Crippen LogP contribution in [0.1, 0.15) is 11.1 Å². The fraction of sp³-hybridized carbons (Fsp3) is 0.294. The SMILES string of the molecule is [Y+3].[c-]1ccc(Cc2cccc(N3CCNCC3)c2)cc1. The number of benzene rings is 2. The molecular weight excluding hydrogens is 321 g/mol. The van der Waals surface area contributed by atoms with E-state index >= 15 is 0 Å². The van der Waals surface area contributed by atoms with Crippen molar-refractivity contribution in [3.05, 3.63) is 65.7 Å². The summed E-state index contributed by atoms with van der Waals surface area (Å²) in [7, 11) is 0. The van der Waals surface area contributed by atoms with Gasteiger partial charge in [-0.3, -0.25) is 0 Å². The van der Waals surface area contributed by atoms with Gasteiger partial charge in [-0.2, -0.15) is 35.9 Å². The molecule has 0 bridgehead atoms. The van der Waals surface area contributed by atoms with E-state index in [0.717, 1.165) is 32.6 Å². The zero-order valence-electron chi connectivity index (χ0n) is 11.7. The average molecular weight is 340 g/mol. The molecule has 0 radical (unpaired) electrons. The Kier molecular flexibility index (Phi) is 6.21. The van der Waals surface area contributed by atoms with Gasteiger partial charge in [0.1, 0.15) is 0 Å². The minimum Gasteiger partial charge on any atom is -0.369 e. The third-order valence-corrected chi connectivity index (χ3v) is 3.59. The van der Waals surface area contributed by atoms with Crippen LogP contribution in [0.2, 0.25) is 0 Å². The monoisotopic (exact) mass is 340 g/mol. The van der Waals surface area contributed by atoms with Gasteiger partial charge in [0.15, 0.2) is 0 Å². The predicted molar refractivity (Wildman–Crippen MR) is 79.6 cm³/mol. The summed E-state index contributed by atoms with van der Waals surface area (Å²) in [6.45, 7) is 4.37. The Labute approximate surface area is 146 Å². The number of rotatable bonds is 3. The molecule has 0 aliphatic carbocycles. The molecule has 98 valence electrons. The first-order valence-electron chi connectivity index (χ1n) is 6.91. The van der Waals surface area contributed by atoms with Gasteiger partial charge in [0, 0.05) is 31.9 Å². The van der Waals surface area contributed by atoms with Crippen molar-refractivity contribution in [3.8, 4) is 0 Å². The molecule has 0 saturated carbocycles. The maximum absolute atomic E-state index is 3.39. The second kappa shape index (κ2) is 7.92. The van der Waals surface area contributed by atoms with Crippen molar-refractivity contribution in [3.63, 3.8) is 0 Å². The molecule has 20 heavy (non-hydrogen) atoms. The van der Waals surface area contributed by atoms with Crippen LogP contribution in [-0.2, 0) is 39.1 Å². The molecular formula is C17H19N2Y+2. The van der Waals surface area contributed by atoms with E-state index in [-0.39, 0.29) is 32.7 Å². The summed E-state index contributed by atoms with van der Waals surface area (Å²) >= 11 is 0. The summed E-state index contributed by atoms with van der Waals surface area (Å²) in [6, 6.07) is 20.2. The van der Waals surface area contributed by atoms with Crippen LogP contribution in [-0.4, -0.2) is 26.2 Å². The van der Waals surface area contributed by atoms with E-state index in [9.17, 15) is 0 Å². The van der Waals surface area contributed by atoms with E-state index < -0.39 is 0 Å². The van der Waals surface area contributed by atoms with Crippen molar-refractivity contribution in [2.45, 2.75) is 6.42 Å². The first kappa shape index (κ1) is 15.7. The van der Waals surface area contributed by atoms with E-state index in [0.29, 0.717) is 0 Å². The Morgan fingerprint density at radius 2 is 1.75 bits per heavy atom. The molecule has 2 aromatic rings. The molecule has 2 aromatic carbocycles. The summed E-state index contributed by atoms with van der Waals surface area (Å²) in [6.07, 6.45) is 0.995. The predicted octanol–water partition coefficient (Wildman–Crippen LogP) is 2.48. The Hall–Kier alpha value is -0.696. The van der Waals surface area contributed by atoms with E-state index in [1.165, 1.54) is 16.8 Å². The molecule has 1 heterocycles. The van der Waals surface area contributed by atoms with Crippen LogP contribution in [0.4, 0.5) is 5.69 Å². The van der Waals surface area contributed by atoms with E-state index in [4.69, 9.17) is 0 Å². The van der Waals surface area contributed by atoms with Gasteiger partial charge in [0.05, 0.1) is 0 Å². The molecule has 1 fully saturated rings. The van der Waals surface area contributed by atoms with Crippen molar-refractivity contribution in [1.29, 1.82) is 0 Å². The minimum atomic E-state index is 0. The number of hydrogen-bond acceptors (Lipinski definition) is 2. The topological polar surface area (TPSA) is 15.3 Å². The molecule has 1 aliphatic rings. The van der Waals surface area contributed by atoms with Crippen LogP contribution in [0.15, 0.2) is 48.5 Å². The maximum Gasteiger partial charge on any atom is 3.00 e. The molecule has 3 rings (SSSR count). The first-order valence-corrected chi connectivity index (χ1v) is 6.91. The van der Waals surface area contributed by atoms with Crippen LogP contribution in [0, 0.1) is 6.07 Å². The molecule has 0 unspecified atom stereocenters. The van der Waals surface area contributed by atoms with Gasteiger partial charge in [-0.1, -0.05) is 12.1 Å². The summed E-state index contributed by atoms with van der Waals surface area (Å²) in [5.41, 5.74) is 4.07. The molecule has 2 nitrogen and oxygen atoms in total. The van der Waals surface area contributed by atoms with Crippen LogP contribution in [0.5, 0.6) is 0 Å². The van der Waals surface area contributed by atoms with Gasteiger partial charge in [-0.05, 0) is 24.1 Å². The van der Waals surface area contributed by atoms with Crippen LogP contribution in [0.3, 0.4) is 0 Å². The molecule has 0 spiro atoms. The van der Waals surface area contributed by atoms with Gasteiger partial charge in [0.2, 0.25) is 0 Å². The number of anilines is 1. The molecule has 0 atom stereocenters. The first-order chi connectivity index (χ1) is 9.42. The van der Waals surface area contributed by atoms with Gasteiger partial charge in [-0.15, -0.1) is 0 Å². The Morgan fingerprint density at radius 3 is 2.50 bits per heavy atom. The zero-order chi connectivity index (χ0) is 12.9. The van der Waals surface area contributed by atoms with Crippen molar-refractivity contribution in [2.75, 3.05) is 31.1 Å². The van der Waals surface area contributed by atoms with E-state index in [1.54, 1.807) is 0 Å². The molecule has 0 aromatic heterocycles. The van der Waals surface area contributed by atoms with Crippen molar-refractivity contribution >= 4 is 5.69 Å².